The van der Waals surface area contributed by atoms with Crippen LogP contribution in [0.4, 0.5) is 0 Å². The Morgan fingerprint density at radius 2 is 2.44 bits per heavy atom. The van der Waals surface area contributed by atoms with Crippen LogP contribution in [0.1, 0.15) is 26.2 Å². The van der Waals surface area contributed by atoms with Gasteiger partial charge in [0.1, 0.15) is 4.32 Å². The van der Waals surface area contributed by atoms with Crippen LogP contribution in [-0.2, 0) is 0 Å². The highest BCUT2D eigenvalue weighted by Gasteiger charge is 2.37. The number of alkyl halides is 1. The zero-order chi connectivity index (χ0) is 6.91. The molecule has 1 aliphatic rings. The largest absolute Gasteiger partial charge is 0.197 e. The SMILES string of the molecule is CC1CCCC1(Br)C#N. The molecule has 9 heavy (non-hydrogen) atoms. The Morgan fingerprint density at radius 1 is 1.78 bits per heavy atom. The lowest BCUT2D eigenvalue weighted by atomic mass is 10.00. The first kappa shape index (κ1) is 7.08. The van der Waals surface area contributed by atoms with E-state index >= 15 is 0 Å². The van der Waals surface area contributed by atoms with Crippen LogP contribution in [0.3, 0.4) is 0 Å². The van der Waals surface area contributed by atoms with Gasteiger partial charge in [0, 0.05) is 0 Å². The predicted molar refractivity (Wildman–Crippen MR) is 40.3 cm³/mol. The number of rotatable bonds is 0. The third-order valence-corrected chi connectivity index (χ3v) is 3.50. The highest BCUT2D eigenvalue weighted by Crippen LogP contribution is 2.41. The van der Waals surface area contributed by atoms with Crippen molar-refractivity contribution in [1.29, 1.82) is 5.26 Å². The summed E-state index contributed by atoms with van der Waals surface area (Å²) in [5.41, 5.74) is 0. The highest BCUT2D eigenvalue weighted by atomic mass is 79.9. The Balaban J connectivity index is 2.70. The lowest BCUT2D eigenvalue weighted by Crippen LogP contribution is -2.20. The van der Waals surface area contributed by atoms with Crippen molar-refractivity contribution in [2.45, 2.75) is 30.5 Å². The van der Waals surface area contributed by atoms with E-state index in [9.17, 15) is 0 Å². The van der Waals surface area contributed by atoms with Crippen molar-refractivity contribution in [2.24, 2.45) is 5.92 Å². The number of halogens is 1. The van der Waals surface area contributed by atoms with Gasteiger partial charge < -0.3 is 0 Å². The normalized spacial score (nSPS) is 42.6. The molecule has 1 aliphatic carbocycles. The van der Waals surface area contributed by atoms with Crippen LogP contribution in [0.25, 0.3) is 0 Å². The van der Waals surface area contributed by atoms with Crippen LogP contribution < -0.4 is 0 Å². The highest BCUT2D eigenvalue weighted by molar-refractivity contribution is 9.10. The number of nitriles is 1. The first-order valence-electron chi connectivity index (χ1n) is 3.29. The third kappa shape index (κ3) is 1.11. The lowest BCUT2D eigenvalue weighted by Gasteiger charge is -2.16. The molecule has 0 saturated heterocycles. The van der Waals surface area contributed by atoms with E-state index in [0.717, 1.165) is 6.42 Å². The molecule has 0 aliphatic heterocycles. The summed E-state index contributed by atoms with van der Waals surface area (Å²) in [5, 5.41) is 8.70. The molecule has 50 valence electrons. The summed E-state index contributed by atoms with van der Waals surface area (Å²) in [5.74, 6) is 0.530. The van der Waals surface area contributed by atoms with E-state index in [1.165, 1.54) is 12.8 Å². The monoisotopic (exact) mass is 187 g/mol. The fraction of sp³-hybridized carbons (Fsp3) is 0.857. The molecule has 0 radical (unpaired) electrons. The fourth-order valence-electron chi connectivity index (χ4n) is 1.31. The molecule has 0 heterocycles. The Morgan fingerprint density at radius 3 is 2.67 bits per heavy atom. The van der Waals surface area contributed by atoms with Crippen molar-refractivity contribution >= 4 is 15.9 Å². The Bertz CT molecular complexity index is 149. The van der Waals surface area contributed by atoms with Crippen LogP contribution in [0.5, 0.6) is 0 Å². The lowest BCUT2D eigenvalue weighted by molar-refractivity contribution is 0.563. The van der Waals surface area contributed by atoms with Gasteiger partial charge in [-0.2, -0.15) is 5.26 Å². The molecule has 2 unspecified atom stereocenters. The third-order valence-electron chi connectivity index (χ3n) is 2.14. The summed E-state index contributed by atoms with van der Waals surface area (Å²) in [7, 11) is 0. The second-order valence-electron chi connectivity index (χ2n) is 2.77. The van der Waals surface area contributed by atoms with Gasteiger partial charge in [0.25, 0.3) is 0 Å². The van der Waals surface area contributed by atoms with Crippen molar-refractivity contribution in [1.82, 2.24) is 0 Å². The second kappa shape index (κ2) is 2.30. The number of nitrogens with zero attached hydrogens (tertiary/aromatic N) is 1. The van der Waals surface area contributed by atoms with Gasteiger partial charge in [0.2, 0.25) is 0 Å². The van der Waals surface area contributed by atoms with E-state index in [-0.39, 0.29) is 4.32 Å². The molecule has 0 aromatic heterocycles. The second-order valence-corrected chi connectivity index (χ2v) is 4.18. The molecule has 0 bridgehead atoms. The van der Waals surface area contributed by atoms with Gasteiger partial charge in [-0.25, -0.2) is 0 Å². The minimum absolute atomic E-state index is 0.188. The fourth-order valence-corrected chi connectivity index (χ4v) is 1.82. The molecule has 1 nitrogen and oxygen atoms in total. The van der Waals surface area contributed by atoms with E-state index in [0.29, 0.717) is 5.92 Å². The molecular weight excluding hydrogens is 178 g/mol. The maximum absolute atomic E-state index is 8.70. The van der Waals surface area contributed by atoms with Crippen LogP contribution >= 0.6 is 15.9 Å². The smallest absolute Gasteiger partial charge is 0.115 e. The van der Waals surface area contributed by atoms with Gasteiger partial charge in [0.05, 0.1) is 6.07 Å². The van der Waals surface area contributed by atoms with E-state index in [4.69, 9.17) is 5.26 Å². The van der Waals surface area contributed by atoms with Gasteiger partial charge in [-0.1, -0.05) is 29.3 Å². The molecule has 0 spiro atoms. The standard InChI is InChI=1S/C7H10BrN/c1-6-3-2-4-7(6,8)5-9/h6H,2-4H2,1H3. The van der Waals surface area contributed by atoms with Gasteiger partial charge in [0.15, 0.2) is 0 Å². The van der Waals surface area contributed by atoms with Crippen molar-refractivity contribution in [3.63, 3.8) is 0 Å². The van der Waals surface area contributed by atoms with E-state index in [2.05, 4.69) is 28.9 Å². The molecular formula is C7H10BrN. The predicted octanol–water partition coefficient (Wildman–Crippen LogP) is 2.46. The molecule has 0 amide bonds. The van der Waals surface area contributed by atoms with Crippen LogP contribution in [0.2, 0.25) is 0 Å². The van der Waals surface area contributed by atoms with Crippen LogP contribution in [-0.4, -0.2) is 4.32 Å². The van der Waals surface area contributed by atoms with Crippen molar-refractivity contribution in [2.75, 3.05) is 0 Å². The molecule has 1 fully saturated rings. The van der Waals surface area contributed by atoms with E-state index < -0.39 is 0 Å². The maximum atomic E-state index is 8.70. The van der Waals surface area contributed by atoms with E-state index in [1.54, 1.807) is 0 Å². The molecule has 2 heteroatoms. The minimum atomic E-state index is -0.188. The number of hydrogen-bond acceptors (Lipinski definition) is 1. The minimum Gasteiger partial charge on any atom is -0.197 e. The molecule has 1 saturated carbocycles. The molecule has 0 aromatic carbocycles. The summed E-state index contributed by atoms with van der Waals surface area (Å²) >= 11 is 3.45. The first-order chi connectivity index (χ1) is 4.19. The molecule has 2 atom stereocenters. The summed E-state index contributed by atoms with van der Waals surface area (Å²) in [6.07, 6.45) is 3.41. The first-order valence-corrected chi connectivity index (χ1v) is 4.08. The van der Waals surface area contributed by atoms with Gasteiger partial charge in [-0.3, -0.25) is 0 Å². The molecule has 1 rings (SSSR count). The number of hydrogen-bond donors (Lipinski definition) is 0. The average Bonchev–Trinajstić information content (AvgIpc) is 2.15. The van der Waals surface area contributed by atoms with Crippen molar-refractivity contribution in [3.8, 4) is 6.07 Å². The summed E-state index contributed by atoms with van der Waals surface area (Å²) in [6, 6.07) is 2.31. The Hall–Kier alpha value is -0.0300. The molecule has 0 N–H and O–H groups in total. The van der Waals surface area contributed by atoms with Crippen molar-refractivity contribution in [3.05, 3.63) is 0 Å². The topological polar surface area (TPSA) is 23.8 Å². The Kier molecular flexibility index (Phi) is 1.81. The van der Waals surface area contributed by atoms with Crippen molar-refractivity contribution < 1.29 is 0 Å². The van der Waals surface area contributed by atoms with Gasteiger partial charge in [-0.15, -0.1) is 0 Å². The van der Waals surface area contributed by atoms with Gasteiger partial charge >= 0.3 is 0 Å². The zero-order valence-corrected chi connectivity index (χ0v) is 7.11. The van der Waals surface area contributed by atoms with Crippen LogP contribution in [0, 0.1) is 17.2 Å². The average molecular weight is 188 g/mol. The zero-order valence-electron chi connectivity index (χ0n) is 5.52. The van der Waals surface area contributed by atoms with Gasteiger partial charge in [-0.05, 0) is 18.8 Å². The summed E-state index contributed by atoms with van der Waals surface area (Å²) in [6.45, 7) is 2.13. The van der Waals surface area contributed by atoms with Crippen LogP contribution in [0.15, 0.2) is 0 Å². The Labute approximate surface area is 64.2 Å². The van der Waals surface area contributed by atoms with E-state index in [1.807, 2.05) is 0 Å². The summed E-state index contributed by atoms with van der Waals surface area (Å²) in [4.78, 5) is 0. The summed E-state index contributed by atoms with van der Waals surface area (Å²) < 4.78 is -0.188. The maximum Gasteiger partial charge on any atom is 0.115 e. The molecule has 0 aromatic rings. The quantitative estimate of drug-likeness (QED) is 0.535.